The number of carbonyl (C=O) groups excluding carboxylic acids is 2. The number of benzene rings is 2. The molecule has 0 spiro atoms. The maximum Gasteiger partial charge on any atom is 0.410 e. The summed E-state index contributed by atoms with van der Waals surface area (Å²) in [7, 11) is 0. The second-order valence-corrected chi connectivity index (χ2v) is 12.7. The predicted molar refractivity (Wildman–Crippen MR) is 166 cm³/mol. The van der Waals surface area contributed by atoms with E-state index in [9.17, 15) is 14.0 Å². The van der Waals surface area contributed by atoms with Crippen LogP contribution in [-0.4, -0.2) is 80.9 Å². The summed E-state index contributed by atoms with van der Waals surface area (Å²) in [5.41, 5.74) is 2.78. The van der Waals surface area contributed by atoms with Gasteiger partial charge in [0.05, 0.1) is 46.8 Å². The Morgan fingerprint density at radius 1 is 1.11 bits per heavy atom. The molecule has 2 atom stereocenters. The van der Waals surface area contributed by atoms with Crippen molar-refractivity contribution in [1.29, 1.82) is 0 Å². The van der Waals surface area contributed by atoms with Crippen molar-refractivity contribution in [3.63, 3.8) is 0 Å². The molecule has 4 aromatic rings. The molecule has 2 aromatic carbocycles. The lowest BCUT2D eigenvalue weighted by molar-refractivity contribution is -0.146. The molecular formula is C32H35ClF2N6O4. The number of ether oxygens (including phenoxy) is 2. The predicted octanol–water partition coefficient (Wildman–Crippen LogP) is 5.80. The number of imidazole rings is 1. The van der Waals surface area contributed by atoms with Gasteiger partial charge in [-0.1, -0.05) is 17.7 Å². The first-order valence-corrected chi connectivity index (χ1v) is 15.4. The Hall–Kier alpha value is -4.19. The van der Waals surface area contributed by atoms with E-state index in [1.165, 1.54) is 23.3 Å². The van der Waals surface area contributed by atoms with E-state index >= 15 is 4.39 Å². The Morgan fingerprint density at radius 2 is 1.87 bits per heavy atom. The van der Waals surface area contributed by atoms with Crippen LogP contribution in [0.5, 0.6) is 0 Å². The summed E-state index contributed by atoms with van der Waals surface area (Å²) in [5, 5.41) is 5.28. The van der Waals surface area contributed by atoms with Crippen molar-refractivity contribution >= 4 is 40.3 Å². The van der Waals surface area contributed by atoms with Gasteiger partial charge in [0.15, 0.2) is 6.04 Å². The highest BCUT2D eigenvalue weighted by molar-refractivity contribution is 6.33. The van der Waals surface area contributed by atoms with Gasteiger partial charge in [0.2, 0.25) is 0 Å². The van der Waals surface area contributed by atoms with Gasteiger partial charge in [0.1, 0.15) is 17.6 Å². The van der Waals surface area contributed by atoms with Crippen molar-refractivity contribution in [3.05, 3.63) is 65.1 Å². The Kier molecular flexibility index (Phi) is 8.19. The molecule has 0 saturated carbocycles. The highest BCUT2D eigenvalue weighted by Crippen LogP contribution is 2.35. The standard InChI is InChI=1S/C32H35ClF2N6O4/c1-5-44-30(42)29(28-27-15-21(34)16-40(27)18-36-28)41-17-22-24(35)13-20(14-25(22)37-41)19-6-7-26(23(33)12-19)38-8-10-39(11-9-38)31(43)45-32(2,3)4/h6-7,12-14,17-18,21,29H,5,8-11,15-16H2,1-4H3/t21-,29?/m1/s1. The third-order valence-corrected chi connectivity index (χ3v) is 8.27. The van der Waals surface area contributed by atoms with E-state index in [1.54, 1.807) is 28.5 Å². The molecule has 1 unspecified atom stereocenters. The largest absolute Gasteiger partial charge is 0.464 e. The maximum atomic E-state index is 15.5. The molecule has 13 heteroatoms. The Labute approximate surface area is 264 Å². The fourth-order valence-electron chi connectivity index (χ4n) is 5.88. The molecule has 10 nitrogen and oxygen atoms in total. The van der Waals surface area contributed by atoms with Crippen LogP contribution < -0.4 is 4.90 Å². The van der Waals surface area contributed by atoms with Crippen LogP contribution in [-0.2, 0) is 27.2 Å². The zero-order chi connectivity index (χ0) is 32.0. The number of halogens is 3. The number of carbonyl (C=O) groups is 2. The number of hydrogen-bond acceptors (Lipinski definition) is 7. The van der Waals surface area contributed by atoms with E-state index in [4.69, 9.17) is 21.1 Å². The molecule has 0 bridgehead atoms. The topological polar surface area (TPSA) is 94.7 Å². The first-order valence-electron chi connectivity index (χ1n) is 15.0. The van der Waals surface area contributed by atoms with Crippen LogP contribution in [0.15, 0.2) is 42.9 Å². The van der Waals surface area contributed by atoms with E-state index in [0.717, 1.165) is 5.69 Å². The van der Waals surface area contributed by atoms with E-state index in [2.05, 4.69) is 15.0 Å². The minimum atomic E-state index is -1.09. The molecule has 238 valence electrons. The number of hydrogen-bond donors (Lipinski definition) is 0. The van der Waals surface area contributed by atoms with Crippen LogP contribution in [0.2, 0.25) is 5.02 Å². The number of anilines is 1. The fourth-order valence-corrected chi connectivity index (χ4v) is 6.18. The molecule has 1 amide bonds. The van der Waals surface area contributed by atoms with Crippen LogP contribution in [0.25, 0.3) is 22.0 Å². The molecule has 0 aliphatic carbocycles. The fraction of sp³-hybridized carbons (Fsp3) is 0.438. The van der Waals surface area contributed by atoms with Gasteiger partial charge in [-0.3, -0.25) is 4.68 Å². The van der Waals surface area contributed by atoms with Gasteiger partial charge >= 0.3 is 12.1 Å². The van der Waals surface area contributed by atoms with Gasteiger partial charge in [-0.05, 0) is 63.1 Å². The number of aromatic nitrogens is 4. The molecular weight excluding hydrogens is 606 g/mol. The van der Waals surface area contributed by atoms with Crippen LogP contribution in [0.4, 0.5) is 19.3 Å². The Balaban J connectivity index is 1.25. The monoisotopic (exact) mass is 640 g/mol. The number of nitrogens with zero attached hydrogens (tertiary/aromatic N) is 6. The van der Waals surface area contributed by atoms with E-state index in [-0.39, 0.29) is 31.1 Å². The third kappa shape index (κ3) is 6.20. The van der Waals surface area contributed by atoms with E-state index < -0.39 is 29.6 Å². The van der Waals surface area contributed by atoms with E-state index in [0.29, 0.717) is 59.2 Å². The van der Waals surface area contributed by atoms with Crippen molar-refractivity contribution < 1.29 is 27.8 Å². The van der Waals surface area contributed by atoms with Gasteiger partial charge < -0.3 is 23.8 Å². The summed E-state index contributed by atoms with van der Waals surface area (Å²) in [6, 6.07) is 7.57. The molecule has 1 saturated heterocycles. The molecule has 4 heterocycles. The summed E-state index contributed by atoms with van der Waals surface area (Å²) < 4.78 is 43.5. The van der Waals surface area contributed by atoms with Crippen molar-refractivity contribution in [1.82, 2.24) is 24.2 Å². The van der Waals surface area contributed by atoms with E-state index in [1.807, 2.05) is 32.9 Å². The quantitative estimate of drug-likeness (QED) is 0.246. The number of fused-ring (bicyclic) bond motifs is 2. The molecule has 0 radical (unpaired) electrons. The smallest absolute Gasteiger partial charge is 0.410 e. The van der Waals surface area contributed by atoms with Crippen LogP contribution in [0, 0.1) is 5.82 Å². The van der Waals surface area contributed by atoms with Gasteiger partial charge in [-0.2, -0.15) is 5.10 Å². The molecule has 2 aliphatic heterocycles. The van der Waals surface area contributed by atoms with Gasteiger partial charge in [0.25, 0.3) is 0 Å². The maximum absolute atomic E-state index is 15.5. The normalized spacial score (nSPS) is 17.4. The van der Waals surface area contributed by atoms with Gasteiger partial charge in [0, 0.05) is 44.5 Å². The number of alkyl halides is 1. The van der Waals surface area contributed by atoms with Crippen molar-refractivity contribution in [2.24, 2.45) is 0 Å². The SMILES string of the molecule is CCOC(=O)C(c1ncn2c1C[C@@H](F)C2)n1cc2c(F)cc(-c3ccc(N4CCN(C(=O)OC(C)(C)C)CC4)c(Cl)c3)cc2n1. The third-order valence-electron chi connectivity index (χ3n) is 7.97. The van der Waals surface area contributed by atoms with Crippen LogP contribution >= 0.6 is 11.6 Å². The highest BCUT2D eigenvalue weighted by atomic mass is 35.5. The zero-order valence-corrected chi connectivity index (χ0v) is 26.4. The number of piperazine rings is 1. The highest BCUT2D eigenvalue weighted by Gasteiger charge is 2.35. The average Bonchev–Trinajstić information content (AvgIpc) is 3.67. The first kappa shape index (κ1) is 30.8. The lowest BCUT2D eigenvalue weighted by atomic mass is 10.0. The molecule has 2 aromatic heterocycles. The molecule has 1 fully saturated rings. The summed E-state index contributed by atoms with van der Waals surface area (Å²) in [4.78, 5) is 33.7. The minimum Gasteiger partial charge on any atom is -0.464 e. The summed E-state index contributed by atoms with van der Waals surface area (Å²) in [6.45, 7) is 9.69. The molecule has 2 aliphatic rings. The average molecular weight is 641 g/mol. The lowest BCUT2D eigenvalue weighted by Gasteiger charge is -2.37. The summed E-state index contributed by atoms with van der Waals surface area (Å²) in [5.74, 6) is -1.13. The van der Waals surface area contributed by atoms with Crippen LogP contribution in [0.3, 0.4) is 0 Å². The Bertz CT molecular complexity index is 1760. The van der Waals surface area contributed by atoms with Gasteiger partial charge in [-0.25, -0.2) is 23.4 Å². The first-order chi connectivity index (χ1) is 21.4. The van der Waals surface area contributed by atoms with Gasteiger partial charge in [-0.15, -0.1) is 0 Å². The Morgan fingerprint density at radius 3 is 2.56 bits per heavy atom. The number of esters is 1. The minimum absolute atomic E-state index is 0.126. The lowest BCUT2D eigenvalue weighted by Crippen LogP contribution is -2.50. The second kappa shape index (κ2) is 12.0. The molecule has 0 N–H and O–H groups in total. The number of rotatable bonds is 6. The summed E-state index contributed by atoms with van der Waals surface area (Å²) >= 11 is 6.73. The van der Waals surface area contributed by atoms with Crippen LogP contribution in [0.1, 0.15) is 45.1 Å². The molecule has 6 rings (SSSR count). The summed E-state index contributed by atoms with van der Waals surface area (Å²) in [6.07, 6.45) is 1.69. The van der Waals surface area contributed by atoms with Crippen molar-refractivity contribution in [2.75, 3.05) is 37.7 Å². The van der Waals surface area contributed by atoms with Crippen molar-refractivity contribution in [2.45, 2.75) is 58.5 Å². The second-order valence-electron chi connectivity index (χ2n) is 12.3. The zero-order valence-electron chi connectivity index (χ0n) is 25.6. The number of amides is 1. The van der Waals surface area contributed by atoms with Crippen molar-refractivity contribution in [3.8, 4) is 11.1 Å². The molecule has 45 heavy (non-hydrogen) atoms.